The van der Waals surface area contributed by atoms with Gasteiger partial charge in [-0.25, -0.2) is 19.6 Å². The van der Waals surface area contributed by atoms with Crippen LogP contribution in [0.1, 0.15) is 49.9 Å². The molecule has 0 aliphatic rings. The summed E-state index contributed by atoms with van der Waals surface area (Å²) in [5.41, 5.74) is 8.71. The van der Waals surface area contributed by atoms with Gasteiger partial charge in [0.15, 0.2) is 11.5 Å². The van der Waals surface area contributed by atoms with Crippen molar-refractivity contribution in [3.63, 3.8) is 0 Å². The van der Waals surface area contributed by atoms with E-state index < -0.39 is 5.97 Å². The van der Waals surface area contributed by atoms with Crippen molar-refractivity contribution >= 4 is 56.9 Å². The van der Waals surface area contributed by atoms with Crippen LogP contribution in [0.5, 0.6) is 0 Å². The number of fused-ring (bicyclic) bond motifs is 2. The second-order valence-electron chi connectivity index (χ2n) is 12.1. The zero-order valence-corrected chi connectivity index (χ0v) is 32.0. The molecule has 0 unspecified atom stereocenters. The number of nitrogens with zero attached hydrogens (tertiary/aromatic N) is 4. The molecular weight excluding hydrogens is 720 g/mol. The zero-order valence-electron chi connectivity index (χ0n) is 30.3. The fraction of sp³-hybridized carbons (Fsp3) is 0.150. The molecule has 4 aromatic carbocycles. The average molecular weight is 753 g/mol. The minimum atomic E-state index is -0.947. The molecule has 0 spiro atoms. The average Bonchev–Trinajstić information content (AvgIpc) is 3.98. The van der Waals surface area contributed by atoms with Gasteiger partial charge in [0, 0.05) is 21.9 Å². The fourth-order valence-corrected chi connectivity index (χ4v) is 6.95. The smallest absolute Gasteiger partial charge is 0.870 e. The minimum absolute atomic E-state index is 0. The maximum Gasteiger partial charge on any atom is 1.00 e. The van der Waals surface area contributed by atoms with Crippen LogP contribution in [-0.2, 0) is 4.74 Å². The summed E-state index contributed by atoms with van der Waals surface area (Å²) in [5.74, 6) is 1.13. The van der Waals surface area contributed by atoms with E-state index in [1.54, 1.807) is 43.3 Å². The van der Waals surface area contributed by atoms with Crippen LogP contribution in [0.25, 0.3) is 66.2 Å². The monoisotopic (exact) mass is 752 g/mol. The van der Waals surface area contributed by atoms with Crippen molar-refractivity contribution < 1.29 is 52.6 Å². The second kappa shape index (κ2) is 16.7. The van der Waals surface area contributed by atoms with E-state index in [4.69, 9.17) is 18.7 Å². The number of hydrogen-bond donors (Lipinski definition) is 1. The number of benzene rings is 4. The number of hydrogen-bond acceptors (Lipinski definition) is 12. The quantitative estimate of drug-likeness (QED) is 0.129. The Balaban J connectivity index is 0.000000201. The molecule has 0 bridgehead atoms. The molecule has 0 atom stereocenters. The molecule has 0 aliphatic heterocycles. The summed E-state index contributed by atoms with van der Waals surface area (Å²) in [6.07, 6.45) is 0. The number of esters is 1. The van der Waals surface area contributed by atoms with E-state index in [1.165, 1.54) is 23.1 Å². The molecule has 0 radical (unpaired) electrons. The molecule has 11 nitrogen and oxygen atoms in total. The molecule has 4 heterocycles. The van der Waals surface area contributed by atoms with Crippen molar-refractivity contribution in [1.82, 2.24) is 18.7 Å². The van der Waals surface area contributed by atoms with Gasteiger partial charge in [-0.3, -0.25) is 0 Å². The normalized spacial score (nSPS) is 10.7. The number of carbonyl (C=O) groups excluding carboxylic acids is 1. The van der Waals surface area contributed by atoms with Gasteiger partial charge in [0.2, 0.25) is 11.6 Å². The molecule has 0 saturated heterocycles. The first-order valence-electron chi connectivity index (χ1n) is 16.4. The van der Waals surface area contributed by atoms with Crippen LogP contribution in [0, 0.1) is 27.7 Å². The third-order valence-electron chi connectivity index (χ3n) is 8.51. The van der Waals surface area contributed by atoms with Gasteiger partial charge in [0.25, 0.3) is 0 Å². The maximum atomic E-state index is 11.8. The first kappa shape index (κ1) is 39.8. The molecule has 8 rings (SSSR count). The molecule has 0 aliphatic carbocycles. The summed E-state index contributed by atoms with van der Waals surface area (Å²) in [5, 5.41) is 12.6. The molecule has 0 amide bonds. The largest absolute Gasteiger partial charge is 1.00 e. The summed E-state index contributed by atoms with van der Waals surface area (Å²) in [7, 11) is 0. The molecule has 14 heteroatoms. The van der Waals surface area contributed by atoms with Gasteiger partial charge in [0.1, 0.15) is 21.2 Å². The van der Waals surface area contributed by atoms with E-state index in [0.717, 1.165) is 65.3 Å². The summed E-state index contributed by atoms with van der Waals surface area (Å²) in [4.78, 5) is 31.9. The van der Waals surface area contributed by atoms with Crippen LogP contribution in [0.4, 0.5) is 0 Å². The molecule has 0 saturated carbocycles. The number of ether oxygens (including phenoxy) is 1. The first-order chi connectivity index (χ1) is 25.1. The third kappa shape index (κ3) is 8.06. The Morgan fingerprint density at radius 1 is 0.648 bits per heavy atom. The Labute approximate surface area is 330 Å². The van der Waals surface area contributed by atoms with Gasteiger partial charge < -0.3 is 24.2 Å². The number of aryl methyl sites for hydroxylation is 4. The van der Waals surface area contributed by atoms with E-state index in [-0.39, 0.29) is 35.9 Å². The number of furan rings is 2. The second-order valence-corrected chi connectivity index (χ2v) is 13.6. The molecule has 2 N–H and O–H groups in total. The van der Waals surface area contributed by atoms with Crippen LogP contribution in [-0.4, -0.2) is 47.8 Å². The van der Waals surface area contributed by atoms with Gasteiger partial charge in [-0.15, -0.1) is 0 Å². The Morgan fingerprint density at radius 2 is 1.06 bits per heavy atom. The topological polar surface area (TPSA) is 171 Å². The van der Waals surface area contributed by atoms with E-state index in [0.29, 0.717) is 35.3 Å². The number of rotatable bonds is 7. The maximum absolute atomic E-state index is 11.8. The molecule has 268 valence electrons. The Hall–Kier alpha value is -5.42. The zero-order chi connectivity index (χ0) is 36.5. The predicted molar refractivity (Wildman–Crippen MR) is 205 cm³/mol. The number of carboxylic acid groups (broad SMARTS) is 1. The fourth-order valence-electron chi connectivity index (χ4n) is 5.61. The SMILES string of the molecule is CCOC(=O)c1ccc(-c2nc(-c3cc4c(C)ccc(C)c4o3)ns2)cc1.Cc1ccc(C)c2oc(-c3nsc(-c4ccc(C(=O)O)cc4)n3)cc12.[Li+].[OH-]. The Bertz CT molecular complexity index is 2510. The first-order valence-corrected chi connectivity index (χ1v) is 17.9. The van der Waals surface area contributed by atoms with Crippen LogP contribution >= 0.6 is 23.1 Å². The van der Waals surface area contributed by atoms with E-state index >= 15 is 0 Å². The van der Waals surface area contributed by atoms with Gasteiger partial charge in [-0.2, -0.15) is 8.75 Å². The van der Waals surface area contributed by atoms with Crippen molar-refractivity contribution in [2.75, 3.05) is 6.61 Å². The number of carboxylic acids is 1. The summed E-state index contributed by atoms with van der Waals surface area (Å²) in [6.45, 7) is 10.3. The van der Waals surface area contributed by atoms with Crippen molar-refractivity contribution in [2.45, 2.75) is 34.6 Å². The van der Waals surface area contributed by atoms with Gasteiger partial charge >= 0.3 is 30.8 Å². The Morgan fingerprint density at radius 3 is 1.44 bits per heavy atom. The van der Waals surface area contributed by atoms with E-state index in [2.05, 4.69) is 43.8 Å². The number of carbonyl (C=O) groups is 2. The molecule has 8 aromatic rings. The van der Waals surface area contributed by atoms with Crippen LogP contribution in [0.3, 0.4) is 0 Å². The number of aromatic nitrogens is 4. The molecular formula is C40H33LiN4O7S2. The minimum Gasteiger partial charge on any atom is -0.870 e. The van der Waals surface area contributed by atoms with Gasteiger partial charge in [-0.05, 0) is 116 Å². The summed E-state index contributed by atoms with van der Waals surface area (Å²) < 4.78 is 25.8. The summed E-state index contributed by atoms with van der Waals surface area (Å²) >= 11 is 2.56. The van der Waals surface area contributed by atoms with Crippen LogP contribution in [0.2, 0.25) is 0 Å². The third-order valence-corrected chi connectivity index (χ3v) is 10.0. The molecule has 54 heavy (non-hydrogen) atoms. The van der Waals surface area contributed by atoms with Gasteiger partial charge in [0.05, 0.1) is 17.7 Å². The van der Waals surface area contributed by atoms with Crippen LogP contribution in [0.15, 0.2) is 93.8 Å². The molecule has 0 fully saturated rings. The van der Waals surface area contributed by atoms with Crippen molar-refractivity contribution in [3.8, 4) is 44.3 Å². The van der Waals surface area contributed by atoms with E-state index in [9.17, 15) is 9.59 Å². The van der Waals surface area contributed by atoms with Crippen molar-refractivity contribution in [3.05, 3.63) is 118 Å². The predicted octanol–water partition coefficient (Wildman–Crippen LogP) is 7.17. The summed E-state index contributed by atoms with van der Waals surface area (Å²) in [6, 6.07) is 26.0. The Kier molecular flexibility index (Phi) is 12.3. The standard InChI is InChI=1S/C21H18N2O3S.C19H14N2O3S.Li.H2O/c1-4-25-21(24)15-9-7-14(8-10-15)20-22-19(23-27-20)17-11-16-12(2)5-6-13(3)18(16)26-17;1-10-3-4-11(2)16-14(10)9-15(24-16)17-20-18(25-21-17)12-5-7-13(8-6-12)19(22)23;;/h5-11H,4H2,1-3H3;3-9H,1-2H3,(H,22,23);;1H2/q;;+1;/p-1. The van der Waals surface area contributed by atoms with Crippen molar-refractivity contribution in [1.29, 1.82) is 0 Å². The van der Waals surface area contributed by atoms with Crippen molar-refractivity contribution in [2.24, 2.45) is 0 Å². The van der Waals surface area contributed by atoms with E-state index in [1.807, 2.05) is 51.1 Å². The molecule has 4 aromatic heterocycles. The van der Waals surface area contributed by atoms with Crippen LogP contribution < -0.4 is 18.9 Å². The number of aromatic carboxylic acids is 1. The van der Waals surface area contributed by atoms with Gasteiger partial charge in [-0.1, -0.05) is 48.5 Å².